The number of pyridine rings is 1. The predicted octanol–water partition coefficient (Wildman–Crippen LogP) is 3.54. The van der Waals surface area contributed by atoms with Gasteiger partial charge in [0.05, 0.1) is 24.4 Å². The van der Waals surface area contributed by atoms with Gasteiger partial charge in [0, 0.05) is 25.6 Å². The third kappa shape index (κ3) is 5.29. The first-order valence-electron chi connectivity index (χ1n) is 12.2. The number of hydrogen-bond donors (Lipinski definition) is 1. The zero-order valence-corrected chi connectivity index (χ0v) is 19.5. The van der Waals surface area contributed by atoms with Gasteiger partial charge in [-0.05, 0) is 101 Å². The lowest BCUT2D eigenvalue weighted by Gasteiger charge is -2.35. The molecule has 0 aromatic carbocycles. The van der Waals surface area contributed by atoms with Crippen LogP contribution in [0.1, 0.15) is 67.5 Å². The van der Waals surface area contributed by atoms with Gasteiger partial charge in [-0.1, -0.05) is 0 Å². The number of methoxy groups -OCH3 is 2. The van der Waals surface area contributed by atoms with Crippen LogP contribution in [0.3, 0.4) is 0 Å². The fraction of sp³-hybridized carbons (Fsp3) is 0.760. The van der Waals surface area contributed by atoms with E-state index in [9.17, 15) is 4.79 Å². The molecule has 3 atom stereocenters. The van der Waals surface area contributed by atoms with E-state index in [1.807, 2.05) is 0 Å². The molecule has 0 spiro atoms. The lowest BCUT2D eigenvalue weighted by molar-refractivity contribution is -0.117. The average Bonchev–Trinajstić information content (AvgIpc) is 3.25. The van der Waals surface area contributed by atoms with Crippen LogP contribution in [0.5, 0.6) is 0 Å². The fourth-order valence-corrected chi connectivity index (χ4v) is 5.77. The lowest BCUT2D eigenvalue weighted by Crippen LogP contribution is -2.38. The molecule has 1 heterocycles. The Morgan fingerprint density at radius 3 is 2.42 bits per heavy atom. The van der Waals surface area contributed by atoms with Crippen molar-refractivity contribution in [3.8, 4) is 0 Å². The molecule has 6 nitrogen and oxygen atoms in total. The van der Waals surface area contributed by atoms with Crippen molar-refractivity contribution in [1.82, 2.24) is 9.88 Å². The summed E-state index contributed by atoms with van der Waals surface area (Å²) in [4.78, 5) is 20.0. The maximum atomic E-state index is 12.9. The van der Waals surface area contributed by atoms with Crippen molar-refractivity contribution >= 4 is 11.6 Å². The van der Waals surface area contributed by atoms with Crippen LogP contribution in [0.15, 0.2) is 0 Å². The summed E-state index contributed by atoms with van der Waals surface area (Å²) in [5.41, 5.74) is 6.18. The van der Waals surface area contributed by atoms with Gasteiger partial charge in [-0.25, -0.2) is 0 Å². The summed E-state index contributed by atoms with van der Waals surface area (Å²) in [5.74, 6) is 0.741. The number of nitrogens with zero attached hydrogens (tertiary/aromatic N) is 2. The van der Waals surface area contributed by atoms with Crippen LogP contribution in [-0.2, 0) is 40.0 Å². The van der Waals surface area contributed by atoms with Gasteiger partial charge in [0.1, 0.15) is 0 Å². The van der Waals surface area contributed by atoms with E-state index in [2.05, 4.69) is 17.3 Å². The number of aryl methyl sites for hydroxylation is 2. The molecule has 1 aromatic rings. The minimum absolute atomic E-state index is 0.105. The van der Waals surface area contributed by atoms with Gasteiger partial charge < -0.3 is 14.8 Å². The monoisotopic (exact) mass is 429 g/mol. The van der Waals surface area contributed by atoms with Gasteiger partial charge in [-0.3, -0.25) is 14.7 Å². The number of likely N-dealkylation sites (N-methyl/N-ethyl adjacent to an activating group) is 1. The van der Waals surface area contributed by atoms with E-state index >= 15 is 0 Å². The second kappa shape index (κ2) is 10.4. The standard InChI is InChI=1S/C25H39N3O3/c1-28(14-13-17-11-12-22(30-2)23(15-17)31-3)16-24(29)27-25-18-7-4-5-9-20(18)26-21-10-6-8-19(21)25/h17,22-23H,4-16H2,1-3H3,(H,26,27,29). The molecule has 6 heteroatoms. The summed E-state index contributed by atoms with van der Waals surface area (Å²) in [5, 5.41) is 3.31. The van der Waals surface area contributed by atoms with E-state index in [1.54, 1.807) is 14.2 Å². The molecule has 3 aliphatic rings. The largest absolute Gasteiger partial charge is 0.379 e. The zero-order chi connectivity index (χ0) is 21.8. The maximum Gasteiger partial charge on any atom is 0.238 e. The van der Waals surface area contributed by atoms with Gasteiger partial charge in [-0.15, -0.1) is 0 Å². The summed E-state index contributed by atoms with van der Waals surface area (Å²) in [6.45, 7) is 1.37. The van der Waals surface area contributed by atoms with E-state index in [0.717, 1.165) is 63.6 Å². The first-order valence-corrected chi connectivity index (χ1v) is 12.2. The average molecular weight is 430 g/mol. The van der Waals surface area contributed by atoms with Gasteiger partial charge >= 0.3 is 0 Å². The second-order valence-electron chi connectivity index (χ2n) is 9.70. The van der Waals surface area contributed by atoms with Crippen molar-refractivity contribution < 1.29 is 14.3 Å². The fourth-order valence-electron chi connectivity index (χ4n) is 5.77. The number of ether oxygens (including phenoxy) is 2. The quantitative estimate of drug-likeness (QED) is 0.685. The number of carbonyl (C=O) groups excluding carboxylic acids is 1. The first-order chi connectivity index (χ1) is 15.1. The van der Waals surface area contributed by atoms with Crippen LogP contribution in [0.25, 0.3) is 0 Å². The molecule has 1 aromatic heterocycles. The molecule has 0 saturated heterocycles. The summed E-state index contributed by atoms with van der Waals surface area (Å²) in [7, 11) is 5.61. The number of hydrogen-bond acceptors (Lipinski definition) is 5. The molecule has 1 amide bonds. The molecular formula is C25H39N3O3. The topological polar surface area (TPSA) is 63.7 Å². The molecule has 0 aliphatic heterocycles. The Morgan fingerprint density at radius 2 is 1.68 bits per heavy atom. The minimum atomic E-state index is 0.105. The van der Waals surface area contributed by atoms with E-state index in [-0.39, 0.29) is 18.1 Å². The highest BCUT2D eigenvalue weighted by molar-refractivity contribution is 5.94. The molecule has 1 N–H and O–H groups in total. The Balaban J connectivity index is 1.31. The number of anilines is 1. The summed E-state index contributed by atoms with van der Waals surface area (Å²) < 4.78 is 11.2. The molecule has 3 unspecified atom stereocenters. The van der Waals surface area contributed by atoms with Gasteiger partial charge in [0.15, 0.2) is 0 Å². The minimum Gasteiger partial charge on any atom is -0.379 e. The zero-order valence-electron chi connectivity index (χ0n) is 19.5. The molecule has 1 fully saturated rings. The number of aromatic nitrogens is 1. The van der Waals surface area contributed by atoms with Gasteiger partial charge in [0.2, 0.25) is 5.91 Å². The highest BCUT2D eigenvalue weighted by Crippen LogP contribution is 2.36. The van der Waals surface area contributed by atoms with Crippen molar-refractivity contribution in [3.63, 3.8) is 0 Å². The van der Waals surface area contributed by atoms with E-state index in [0.29, 0.717) is 12.5 Å². The lowest BCUT2D eigenvalue weighted by atomic mass is 9.83. The van der Waals surface area contributed by atoms with Gasteiger partial charge in [-0.2, -0.15) is 0 Å². The molecule has 4 rings (SSSR count). The Hall–Kier alpha value is -1.50. The van der Waals surface area contributed by atoms with Crippen LogP contribution in [0.4, 0.5) is 5.69 Å². The first kappa shape index (κ1) is 22.7. The van der Waals surface area contributed by atoms with E-state index < -0.39 is 0 Å². The Kier molecular flexibility index (Phi) is 7.62. The summed E-state index contributed by atoms with van der Waals surface area (Å²) in [6.07, 6.45) is 12.6. The van der Waals surface area contributed by atoms with Crippen molar-refractivity contribution in [2.45, 2.75) is 82.8 Å². The number of fused-ring (bicyclic) bond motifs is 2. The number of amides is 1. The highest BCUT2D eigenvalue weighted by atomic mass is 16.5. The number of nitrogens with one attached hydrogen (secondary N) is 1. The van der Waals surface area contributed by atoms with Crippen LogP contribution in [-0.4, -0.2) is 62.4 Å². The van der Waals surface area contributed by atoms with Crippen LogP contribution >= 0.6 is 0 Å². The molecule has 172 valence electrons. The molecule has 0 radical (unpaired) electrons. The third-order valence-electron chi connectivity index (χ3n) is 7.54. The molecule has 31 heavy (non-hydrogen) atoms. The molecule has 1 saturated carbocycles. The molecular weight excluding hydrogens is 390 g/mol. The van der Waals surface area contributed by atoms with Gasteiger partial charge in [0.25, 0.3) is 0 Å². The smallest absolute Gasteiger partial charge is 0.238 e. The van der Waals surface area contributed by atoms with Crippen LogP contribution < -0.4 is 5.32 Å². The normalized spacial score (nSPS) is 25.4. The second-order valence-corrected chi connectivity index (χ2v) is 9.70. The van der Waals surface area contributed by atoms with Crippen molar-refractivity contribution in [2.75, 3.05) is 39.7 Å². The third-order valence-corrected chi connectivity index (χ3v) is 7.54. The molecule has 0 bridgehead atoms. The number of carbonyl (C=O) groups is 1. The highest BCUT2D eigenvalue weighted by Gasteiger charge is 2.30. The maximum absolute atomic E-state index is 12.9. The van der Waals surface area contributed by atoms with Crippen molar-refractivity contribution in [1.29, 1.82) is 0 Å². The van der Waals surface area contributed by atoms with Crippen molar-refractivity contribution in [3.05, 3.63) is 22.5 Å². The predicted molar refractivity (Wildman–Crippen MR) is 123 cm³/mol. The Morgan fingerprint density at radius 1 is 1.00 bits per heavy atom. The SMILES string of the molecule is COC1CCC(CCN(C)CC(=O)Nc2c3c(nc4c2CCC4)CCCC3)CC1OC. The Labute approximate surface area is 187 Å². The summed E-state index contributed by atoms with van der Waals surface area (Å²) >= 11 is 0. The van der Waals surface area contributed by atoms with Crippen LogP contribution in [0.2, 0.25) is 0 Å². The number of rotatable bonds is 8. The molecule has 3 aliphatic carbocycles. The Bertz CT molecular complexity index is 782. The van der Waals surface area contributed by atoms with Crippen LogP contribution in [0, 0.1) is 5.92 Å². The summed E-state index contributed by atoms with van der Waals surface area (Å²) in [6, 6.07) is 0. The van der Waals surface area contributed by atoms with E-state index in [1.165, 1.54) is 41.8 Å². The van der Waals surface area contributed by atoms with Crippen molar-refractivity contribution in [2.24, 2.45) is 5.92 Å². The van der Waals surface area contributed by atoms with E-state index in [4.69, 9.17) is 14.5 Å².